The Labute approximate surface area is 89.7 Å². The van der Waals surface area contributed by atoms with Crippen molar-refractivity contribution in [3.05, 3.63) is 0 Å². The Bertz CT molecular complexity index is 140. The largest absolute Gasteiger partial charge is 0.314 e. The van der Waals surface area contributed by atoms with E-state index in [2.05, 4.69) is 26.1 Å². The molecule has 2 unspecified atom stereocenters. The fourth-order valence-corrected chi connectivity index (χ4v) is 1.96. The molecule has 1 N–H and O–H groups in total. The first-order chi connectivity index (χ1) is 6.74. The molecule has 0 bridgehead atoms. The summed E-state index contributed by atoms with van der Waals surface area (Å²) in [6.07, 6.45) is 8.62. The minimum atomic E-state index is 0.703. The van der Waals surface area contributed by atoms with Crippen LogP contribution < -0.4 is 5.32 Å². The summed E-state index contributed by atoms with van der Waals surface area (Å²) in [5, 5.41) is 3.59. The first-order valence-electron chi connectivity index (χ1n) is 6.47. The number of hydrogen-bond donors (Lipinski definition) is 1. The lowest BCUT2D eigenvalue weighted by Gasteiger charge is -2.21. The van der Waals surface area contributed by atoms with E-state index in [1.54, 1.807) is 0 Å². The summed E-state index contributed by atoms with van der Waals surface area (Å²) in [6, 6.07) is 0.703. The zero-order valence-electron chi connectivity index (χ0n) is 10.2. The predicted octanol–water partition coefficient (Wildman–Crippen LogP) is 3.59. The van der Waals surface area contributed by atoms with Crippen LogP contribution in [0.15, 0.2) is 0 Å². The van der Waals surface area contributed by atoms with Crippen LogP contribution in [0.4, 0.5) is 0 Å². The summed E-state index contributed by atoms with van der Waals surface area (Å²) in [5.41, 5.74) is 0. The van der Waals surface area contributed by atoms with Gasteiger partial charge in [0, 0.05) is 6.04 Å². The van der Waals surface area contributed by atoms with E-state index < -0.39 is 0 Å². The van der Waals surface area contributed by atoms with Gasteiger partial charge in [-0.1, -0.05) is 39.5 Å². The van der Waals surface area contributed by atoms with E-state index >= 15 is 0 Å². The minimum Gasteiger partial charge on any atom is -0.314 e. The van der Waals surface area contributed by atoms with E-state index in [-0.39, 0.29) is 0 Å². The molecule has 0 spiro atoms. The molecule has 0 aromatic rings. The molecular weight excluding hydrogens is 170 g/mol. The van der Waals surface area contributed by atoms with E-state index in [0.29, 0.717) is 6.04 Å². The van der Waals surface area contributed by atoms with Gasteiger partial charge in [0.25, 0.3) is 0 Å². The maximum atomic E-state index is 3.59. The Balaban J connectivity index is 1.97. The monoisotopic (exact) mass is 197 g/mol. The standard InChI is InChI=1S/C13H27N/c1-4-10-14-12(3)11(2)6-5-7-13-8-9-13/h11-14H,4-10H2,1-3H3. The van der Waals surface area contributed by atoms with Gasteiger partial charge in [-0.15, -0.1) is 0 Å². The van der Waals surface area contributed by atoms with Crippen molar-refractivity contribution in [1.29, 1.82) is 0 Å². The van der Waals surface area contributed by atoms with Crippen LogP contribution in [0.25, 0.3) is 0 Å². The maximum absolute atomic E-state index is 3.59. The number of nitrogens with one attached hydrogen (secondary N) is 1. The molecule has 1 aliphatic rings. The maximum Gasteiger partial charge on any atom is 0.00643 e. The van der Waals surface area contributed by atoms with Crippen molar-refractivity contribution in [3.63, 3.8) is 0 Å². The molecule has 1 heteroatoms. The van der Waals surface area contributed by atoms with Crippen molar-refractivity contribution in [1.82, 2.24) is 5.32 Å². The van der Waals surface area contributed by atoms with Gasteiger partial charge in [0.1, 0.15) is 0 Å². The number of rotatable bonds is 8. The van der Waals surface area contributed by atoms with Gasteiger partial charge in [-0.2, -0.15) is 0 Å². The lowest BCUT2D eigenvalue weighted by atomic mass is 9.96. The van der Waals surface area contributed by atoms with Gasteiger partial charge in [-0.05, 0) is 38.1 Å². The molecule has 84 valence electrons. The fraction of sp³-hybridized carbons (Fsp3) is 1.00. The summed E-state index contributed by atoms with van der Waals surface area (Å²) in [4.78, 5) is 0. The molecule has 14 heavy (non-hydrogen) atoms. The Morgan fingerprint density at radius 3 is 2.57 bits per heavy atom. The molecule has 0 heterocycles. The molecule has 0 aromatic heterocycles. The zero-order chi connectivity index (χ0) is 10.4. The molecule has 1 nitrogen and oxygen atoms in total. The van der Waals surface area contributed by atoms with Gasteiger partial charge in [0.05, 0.1) is 0 Å². The van der Waals surface area contributed by atoms with E-state index in [4.69, 9.17) is 0 Å². The lowest BCUT2D eigenvalue weighted by molar-refractivity contribution is 0.365. The van der Waals surface area contributed by atoms with Crippen LogP contribution in [0.3, 0.4) is 0 Å². The second kappa shape index (κ2) is 6.44. The normalized spacial score (nSPS) is 20.8. The van der Waals surface area contributed by atoms with E-state index in [0.717, 1.165) is 11.8 Å². The summed E-state index contributed by atoms with van der Waals surface area (Å²) in [6.45, 7) is 8.13. The fourth-order valence-electron chi connectivity index (χ4n) is 1.96. The third-order valence-electron chi connectivity index (χ3n) is 3.54. The van der Waals surface area contributed by atoms with Crippen LogP contribution in [0.2, 0.25) is 0 Å². The van der Waals surface area contributed by atoms with Crippen LogP contribution >= 0.6 is 0 Å². The Morgan fingerprint density at radius 1 is 1.29 bits per heavy atom. The minimum absolute atomic E-state index is 0.703. The third kappa shape index (κ3) is 4.99. The van der Waals surface area contributed by atoms with Gasteiger partial charge >= 0.3 is 0 Å². The average molecular weight is 197 g/mol. The molecule has 0 amide bonds. The molecule has 0 saturated heterocycles. The smallest absolute Gasteiger partial charge is 0.00643 e. The first-order valence-corrected chi connectivity index (χ1v) is 6.47. The SMILES string of the molecule is CCCNC(C)C(C)CCCC1CC1. The van der Waals surface area contributed by atoms with E-state index in [1.807, 2.05) is 0 Å². The molecule has 1 saturated carbocycles. The molecule has 0 aromatic carbocycles. The highest BCUT2D eigenvalue weighted by Gasteiger charge is 2.21. The highest BCUT2D eigenvalue weighted by atomic mass is 14.9. The zero-order valence-corrected chi connectivity index (χ0v) is 10.2. The van der Waals surface area contributed by atoms with Crippen molar-refractivity contribution in [2.45, 2.75) is 65.3 Å². The van der Waals surface area contributed by atoms with Gasteiger partial charge in [-0.25, -0.2) is 0 Å². The molecule has 1 fully saturated rings. The summed E-state index contributed by atoms with van der Waals surface area (Å²) in [5.74, 6) is 1.96. The predicted molar refractivity (Wildman–Crippen MR) is 63.5 cm³/mol. The molecular formula is C13H27N. The van der Waals surface area contributed by atoms with Crippen molar-refractivity contribution < 1.29 is 0 Å². The highest BCUT2D eigenvalue weighted by Crippen LogP contribution is 2.34. The van der Waals surface area contributed by atoms with Crippen LogP contribution in [-0.4, -0.2) is 12.6 Å². The van der Waals surface area contributed by atoms with Crippen LogP contribution in [0, 0.1) is 11.8 Å². The van der Waals surface area contributed by atoms with Crippen molar-refractivity contribution >= 4 is 0 Å². The average Bonchev–Trinajstić information content (AvgIpc) is 2.97. The summed E-state index contributed by atoms with van der Waals surface area (Å²) >= 11 is 0. The molecule has 2 atom stereocenters. The Kier molecular flexibility index (Phi) is 5.54. The Hall–Kier alpha value is -0.0400. The highest BCUT2D eigenvalue weighted by molar-refractivity contribution is 4.74. The number of hydrogen-bond acceptors (Lipinski definition) is 1. The van der Waals surface area contributed by atoms with Gasteiger partial charge in [-0.3, -0.25) is 0 Å². The molecule has 1 rings (SSSR count). The van der Waals surface area contributed by atoms with Crippen LogP contribution in [0.5, 0.6) is 0 Å². The summed E-state index contributed by atoms with van der Waals surface area (Å²) in [7, 11) is 0. The van der Waals surface area contributed by atoms with Gasteiger partial charge in [0.2, 0.25) is 0 Å². The Morgan fingerprint density at radius 2 is 2.00 bits per heavy atom. The molecule has 0 aliphatic heterocycles. The second-order valence-corrected chi connectivity index (χ2v) is 5.09. The quantitative estimate of drug-likeness (QED) is 0.627. The van der Waals surface area contributed by atoms with Crippen molar-refractivity contribution in [3.8, 4) is 0 Å². The van der Waals surface area contributed by atoms with Crippen molar-refractivity contribution in [2.24, 2.45) is 11.8 Å². The van der Waals surface area contributed by atoms with Gasteiger partial charge < -0.3 is 5.32 Å². The molecule has 0 radical (unpaired) electrons. The van der Waals surface area contributed by atoms with Crippen LogP contribution in [0.1, 0.15) is 59.3 Å². The second-order valence-electron chi connectivity index (χ2n) is 5.09. The van der Waals surface area contributed by atoms with Gasteiger partial charge in [0.15, 0.2) is 0 Å². The van der Waals surface area contributed by atoms with Crippen molar-refractivity contribution in [2.75, 3.05) is 6.54 Å². The van der Waals surface area contributed by atoms with Crippen LogP contribution in [-0.2, 0) is 0 Å². The first kappa shape index (κ1) is 12.0. The summed E-state index contributed by atoms with van der Waals surface area (Å²) < 4.78 is 0. The lowest BCUT2D eigenvalue weighted by Crippen LogP contribution is -2.32. The van der Waals surface area contributed by atoms with E-state index in [9.17, 15) is 0 Å². The topological polar surface area (TPSA) is 12.0 Å². The van der Waals surface area contributed by atoms with E-state index in [1.165, 1.54) is 45.1 Å². The third-order valence-corrected chi connectivity index (χ3v) is 3.54. The molecule has 1 aliphatic carbocycles.